The summed E-state index contributed by atoms with van der Waals surface area (Å²) in [6, 6.07) is 6.16. The lowest BCUT2D eigenvalue weighted by atomic mass is 10.3. The zero-order chi connectivity index (χ0) is 10.7. The van der Waals surface area contributed by atoms with Gasteiger partial charge in [-0.05, 0) is 24.3 Å². The first-order valence-corrected chi connectivity index (χ1v) is 5.05. The van der Waals surface area contributed by atoms with Crippen molar-refractivity contribution in [3.8, 4) is 0 Å². The number of benzene rings is 1. The van der Waals surface area contributed by atoms with Gasteiger partial charge in [-0.3, -0.25) is 0 Å². The van der Waals surface area contributed by atoms with Gasteiger partial charge in [0.25, 0.3) is 0 Å². The van der Waals surface area contributed by atoms with Crippen molar-refractivity contribution in [2.75, 3.05) is 5.73 Å². The first-order chi connectivity index (χ1) is 7.24. The minimum atomic E-state index is -0.341. The largest absolute Gasteiger partial charge is 0.399 e. The summed E-state index contributed by atoms with van der Waals surface area (Å²) in [5, 5.41) is 0.759. The molecule has 0 aliphatic carbocycles. The smallest absolute Gasteiger partial charge is 0.126 e. The van der Waals surface area contributed by atoms with E-state index in [2.05, 4.69) is 9.97 Å². The molecule has 0 spiro atoms. The summed E-state index contributed by atoms with van der Waals surface area (Å²) < 4.78 is 13.0. The molecule has 1 aromatic heterocycles. The summed E-state index contributed by atoms with van der Waals surface area (Å²) in [5.74, 6) is -0.341. The Hall–Kier alpha value is -1.62. The highest BCUT2D eigenvalue weighted by molar-refractivity contribution is 7.99. The van der Waals surface area contributed by atoms with E-state index in [0.29, 0.717) is 5.69 Å². The molecule has 76 valence electrons. The summed E-state index contributed by atoms with van der Waals surface area (Å²) >= 11 is 1.34. The molecule has 2 N–H and O–H groups in total. The van der Waals surface area contributed by atoms with Crippen LogP contribution in [-0.2, 0) is 0 Å². The van der Waals surface area contributed by atoms with Crippen LogP contribution >= 0.6 is 11.8 Å². The highest BCUT2D eigenvalue weighted by Crippen LogP contribution is 2.27. The number of nitrogens with zero attached hydrogens (tertiary/aromatic N) is 2. The molecule has 15 heavy (non-hydrogen) atoms. The maximum Gasteiger partial charge on any atom is 0.126 e. The summed E-state index contributed by atoms with van der Waals surface area (Å²) in [5.41, 5.74) is 5.94. The average molecular weight is 221 g/mol. The molecule has 0 aliphatic heterocycles. The van der Waals surface area contributed by atoms with E-state index in [1.807, 2.05) is 0 Å². The number of anilines is 1. The zero-order valence-corrected chi connectivity index (χ0v) is 8.54. The van der Waals surface area contributed by atoms with Gasteiger partial charge in [0.05, 0.1) is 0 Å². The number of hydrogen-bond acceptors (Lipinski definition) is 4. The van der Waals surface area contributed by atoms with E-state index in [9.17, 15) is 4.39 Å². The van der Waals surface area contributed by atoms with Crippen LogP contribution in [-0.4, -0.2) is 9.97 Å². The van der Waals surface area contributed by atoms with Crippen molar-refractivity contribution in [2.24, 2.45) is 0 Å². The Balaban J connectivity index is 2.25. The minimum Gasteiger partial charge on any atom is -0.399 e. The standard InChI is InChI=1S/C10H8FN3S/c11-7-3-8(12)5-9(4-7)15-10-1-2-13-6-14-10/h1-6H,12H2. The zero-order valence-electron chi connectivity index (χ0n) is 7.72. The predicted molar refractivity (Wildman–Crippen MR) is 57.0 cm³/mol. The van der Waals surface area contributed by atoms with Gasteiger partial charge >= 0.3 is 0 Å². The monoisotopic (exact) mass is 221 g/mol. The van der Waals surface area contributed by atoms with Crippen molar-refractivity contribution in [3.05, 3.63) is 42.6 Å². The lowest BCUT2D eigenvalue weighted by Gasteiger charge is -2.01. The Bertz CT molecular complexity index is 441. The molecule has 0 saturated heterocycles. The van der Waals surface area contributed by atoms with E-state index < -0.39 is 0 Å². The van der Waals surface area contributed by atoms with Gasteiger partial charge in [0.2, 0.25) is 0 Å². The van der Waals surface area contributed by atoms with E-state index in [-0.39, 0.29) is 5.82 Å². The van der Waals surface area contributed by atoms with E-state index in [1.54, 1.807) is 18.3 Å². The van der Waals surface area contributed by atoms with Gasteiger partial charge in [-0.15, -0.1) is 0 Å². The van der Waals surface area contributed by atoms with Crippen LogP contribution in [0.4, 0.5) is 10.1 Å². The van der Waals surface area contributed by atoms with E-state index in [1.165, 1.54) is 30.2 Å². The fourth-order valence-corrected chi connectivity index (χ4v) is 1.94. The summed E-state index contributed by atoms with van der Waals surface area (Å²) in [7, 11) is 0. The van der Waals surface area contributed by atoms with Crippen LogP contribution in [0.15, 0.2) is 46.7 Å². The third-order valence-corrected chi connectivity index (χ3v) is 2.59. The second kappa shape index (κ2) is 4.27. The van der Waals surface area contributed by atoms with Gasteiger partial charge in [0.1, 0.15) is 17.2 Å². The second-order valence-electron chi connectivity index (χ2n) is 2.87. The van der Waals surface area contributed by atoms with Crippen molar-refractivity contribution in [2.45, 2.75) is 9.92 Å². The third kappa shape index (κ3) is 2.66. The highest BCUT2D eigenvalue weighted by Gasteiger charge is 2.01. The Morgan fingerprint density at radius 3 is 2.80 bits per heavy atom. The van der Waals surface area contributed by atoms with Gasteiger partial charge in [-0.25, -0.2) is 14.4 Å². The van der Waals surface area contributed by atoms with Gasteiger partial charge in [0, 0.05) is 16.8 Å². The molecule has 1 aromatic carbocycles. The van der Waals surface area contributed by atoms with Crippen molar-refractivity contribution in [1.29, 1.82) is 0 Å². The van der Waals surface area contributed by atoms with Crippen LogP contribution in [0.5, 0.6) is 0 Å². The lowest BCUT2D eigenvalue weighted by molar-refractivity contribution is 0.625. The van der Waals surface area contributed by atoms with Crippen LogP contribution in [0.3, 0.4) is 0 Å². The van der Waals surface area contributed by atoms with Crippen LogP contribution in [0.2, 0.25) is 0 Å². The van der Waals surface area contributed by atoms with Crippen molar-refractivity contribution < 1.29 is 4.39 Å². The van der Waals surface area contributed by atoms with Crippen LogP contribution < -0.4 is 5.73 Å². The highest BCUT2D eigenvalue weighted by atomic mass is 32.2. The van der Waals surface area contributed by atoms with Crippen LogP contribution in [0, 0.1) is 5.82 Å². The number of hydrogen-bond donors (Lipinski definition) is 1. The van der Waals surface area contributed by atoms with Crippen LogP contribution in [0.25, 0.3) is 0 Å². The van der Waals surface area contributed by atoms with Crippen molar-refractivity contribution in [3.63, 3.8) is 0 Å². The molecule has 2 rings (SSSR count). The molecule has 2 aromatic rings. The Kier molecular flexibility index (Phi) is 2.82. The lowest BCUT2D eigenvalue weighted by Crippen LogP contribution is -1.87. The number of nitrogens with two attached hydrogens (primary N) is 1. The Morgan fingerprint density at radius 2 is 2.13 bits per heavy atom. The summed E-state index contributed by atoms with van der Waals surface area (Å²) in [6.07, 6.45) is 3.09. The maximum absolute atomic E-state index is 13.0. The number of aromatic nitrogens is 2. The summed E-state index contributed by atoms with van der Waals surface area (Å²) in [4.78, 5) is 8.55. The molecule has 0 saturated carbocycles. The second-order valence-corrected chi connectivity index (χ2v) is 3.96. The molecule has 0 atom stereocenters. The van der Waals surface area contributed by atoms with Crippen molar-refractivity contribution >= 4 is 17.4 Å². The normalized spacial score (nSPS) is 10.2. The molecular weight excluding hydrogens is 213 g/mol. The Morgan fingerprint density at radius 1 is 1.27 bits per heavy atom. The number of nitrogen functional groups attached to an aromatic ring is 1. The quantitative estimate of drug-likeness (QED) is 0.624. The molecule has 3 nitrogen and oxygen atoms in total. The van der Waals surface area contributed by atoms with Crippen LogP contribution in [0.1, 0.15) is 0 Å². The fourth-order valence-electron chi connectivity index (χ4n) is 1.10. The predicted octanol–water partition coefficient (Wildman–Crippen LogP) is 2.35. The van der Waals surface area contributed by atoms with E-state index in [0.717, 1.165) is 9.92 Å². The van der Waals surface area contributed by atoms with E-state index in [4.69, 9.17) is 5.73 Å². The molecular formula is C10H8FN3S. The molecule has 5 heteroatoms. The fraction of sp³-hybridized carbons (Fsp3) is 0. The molecule has 0 amide bonds. The third-order valence-electron chi connectivity index (χ3n) is 1.67. The summed E-state index contributed by atoms with van der Waals surface area (Å²) in [6.45, 7) is 0. The molecule has 0 aliphatic rings. The van der Waals surface area contributed by atoms with Gasteiger partial charge in [-0.2, -0.15) is 0 Å². The minimum absolute atomic E-state index is 0.341. The number of rotatable bonds is 2. The first-order valence-electron chi connectivity index (χ1n) is 4.24. The number of halogens is 1. The molecule has 0 fully saturated rings. The van der Waals surface area contributed by atoms with E-state index >= 15 is 0 Å². The molecule has 0 radical (unpaired) electrons. The maximum atomic E-state index is 13.0. The van der Waals surface area contributed by atoms with Gasteiger partial charge in [-0.1, -0.05) is 11.8 Å². The molecule has 0 unspecified atom stereocenters. The van der Waals surface area contributed by atoms with Gasteiger partial charge in [0.15, 0.2) is 0 Å². The Labute approximate surface area is 90.6 Å². The average Bonchev–Trinajstić information content (AvgIpc) is 2.17. The first kappa shape index (κ1) is 9.92. The molecule has 0 bridgehead atoms. The topological polar surface area (TPSA) is 51.8 Å². The molecule has 1 heterocycles. The van der Waals surface area contributed by atoms with Crippen molar-refractivity contribution in [1.82, 2.24) is 9.97 Å². The SMILES string of the molecule is Nc1cc(F)cc(Sc2ccncn2)c1. The van der Waals surface area contributed by atoms with Gasteiger partial charge < -0.3 is 5.73 Å².